The van der Waals surface area contributed by atoms with E-state index in [-0.39, 0.29) is 25.7 Å². The van der Waals surface area contributed by atoms with Crippen molar-refractivity contribution in [3.63, 3.8) is 0 Å². The van der Waals surface area contributed by atoms with Crippen LogP contribution < -0.4 is 0 Å². The smallest absolute Gasteiger partial charge is 0.462 e. The largest absolute Gasteiger partial charge is 0.472 e. The van der Waals surface area contributed by atoms with Crippen molar-refractivity contribution < 1.29 is 80.2 Å². The third-order valence-electron chi connectivity index (χ3n) is 19.5. The molecule has 3 N–H and O–H groups in total. The number of esters is 4. The minimum absolute atomic E-state index is 0.102. The SMILES string of the molecule is CCC(C)CCCCCCCCC(=O)OC[C@H](COP(=O)(O)OC[C@H](O)COP(=O)(O)OC[C@@H](COC(=O)CCCCCCCCCCCCCCCCCCC(C)C)OC(=O)CCCCCCCCCCCCCCCCCCCCC(C)C)OC(=O)CCCCCCCCC(C)CC. The molecule has 0 radical (unpaired) electrons. The van der Waals surface area contributed by atoms with Gasteiger partial charge in [-0.15, -0.1) is 0 Å². The highest BCUT2D eigenvalue weighted by Gasteiger charge is 2.30. The van der Waals surface area contributed by atoms with Crippen LogP contribution in [0.3, 0.4) is 0 Å². The Morgan fingerprint density at radius 1 is 0.280 bits per heavy atom. The van der Waals surface area contributed by atoms with E-state index < -0.39 is 97.5 Å². The van der Waals surface area contributed by atoms with Crippen LogP contribution in [-0.4, -0.2) is 96.7 Å². The summed E-state index contributed by atoms with van der Waals surface area (Å²) < 4.78 is 68.6. The fraction of sp³-hybridized carbons (Fsp3) is 0.951. The molecular formula is C81H158O17P2. The Morgan fingerprint density at radius 2 is 0.480 bits per heavy atom. The number of phosphoric ester groups is 2. The molecule has 0 saturated heterocycles. The number of aliphatic hydroxyl groups excluding tert-OH is 1. The van der Waals surface area contributed by atoms with Crippen LogP contribution >= 0.6 is 15.6 Å². The molecule has 0 amide bonds. The zero-order valence-electron chi connectivity index (χ0n) is 65.8. The summed E-state index contributed by atoms with van der Waals surface area (Å²) in [6, 6.07) is 0. The summed E-state index contributed by atoms with van der Waals surface area (Å²) in [5.41, 5.74) is 0. The minimum atomic E-state index is -4.96. The fourth-order valence-corrected chi connectivity index (χ4v) is 13.9. The topological polar surface area (TPSA) is 237 Å². The van der Waals surface area contributed by atoms with Crippen molar-refractivity contribution in [2.24, 2.45) is 23.7 Å². The van der Waals surface area contributed by atoms with E-state index in [1.807, 2.05) is 0 Å². The average Bonchev–Trinajstić information content (AvgIpc) is 1.11. The van der Waals surface area contributed by atoms with Crippen LogP contribution in [-0.2, 0) is 65.4 Å². The monoisotopic (exact) mass is 1470 g/mol. The summed E-state index contributed by atoms with van der Waals surface area (Å²) in [6.07, 6.45) is 57.2. The maximum atomic E-state index is 13.1. The summed E-state index contributed by atoms with van der Waals surface area (Å²) in [6.45, 7) is 14.2. The number of hydrogen-bond acceptors (Lipinski definition) is 15. The van der Waals surface area contributed by atoms with Gasteiger partial charge in [-0.1, -0.05) is 364 Å². The lowest BCUT2D eigenvalue weighted by molar-refractivity contribution is -0.161. The van der Waals surface area contributed by atoms with Crippen molar-refractivity contribution in [2.75, 3.05) is 39.6 Å². The van der Waals surface area contributed by atoms with E-state index in [9.17, 15) is 43.2 Å². The minimum Gasteiger partial charge on any atom is -0.462 e. The van der Waals surface area contributed by atoms with Crippen molar-refractivity contribution in [1.82, 2.24) is 0 Å². The molecule has 0 aromatic heterocycles. The molecule has 0 aromatic carbocycles. The van der Waals surface area contributed by atoms with E-state index in [1.54, 1.807) is 0 Å². The molecule has 0 spiro atoms. The van der Waals surface area contributed by atoms with Crippen molar-refractivity contribution in [3.8, 4) is 0 Å². The Hall–Kier alpha value is -1.94. The Bertz CT molecular complexity index is 1960. The first-order chi connectivity index (χ1) is 48.2. The van der Waals surface area contributed by atoms with Gasteiger partial charge in [-0.3, -0.25) is 37.3 Å². The fourth-order valence-electron chi connectivity index (χ4n) is 12.4. The third kappa shape index (κ3) is 71.7. The van der Waals surface area contributed by atoms with Gasteiger partial charge in [0, 0.05) is 25.7 Å². The Labute approximate surface area is 613 Å². The number of rotatable bonds is 78. The van der Waals surface area contributed by atoms with Gasteiger partial charge in [-0.25, -0.2) is 9.13 Å². The molecule has 0 aliphatic rings. The van der Waals surface area contributed by atoms with Gasteiger partial charge in [0.1, 0.15) is 19.3 Å². The van der Waals surface area contributed by atoms with E-state index in [0.29, 0.717) is 25.7 Å². The lowest BCUT2D eigenvalue weighted by Crippen LogP contribution is -2.30. The quantitative estimate of drug-likeness (QED) is 0.0222. The van der Waals surface area contributed by atoms with Gasteiger partial charge in [0.2, 0.25) is 0 Å². The molecule has 0 heterocycles. The maximum Gasteiger partial charge on any atom is 0.472 e. The molecule has 594 valence electrons. The molecule has 17 nitrogen and oxygen atoms in total. The van der Waals surface area contributed by atoms with Crippen LogP contribution in [0.1, 0.15) is 415 Å². The van der Waals surface area contributed by atoms with E-state index in [1.165, 1.54) is 212 Å². The first-order valence-electron chi connectivity index (χ1n) is 41.8. The molecule has 100 heavy (non-hydrogen) atoms. The van der Waals surface area contributed by atoms with Gasteiger partial charge in [0.15, 0.2) is 12.2 Å². The summed E-state index contributed by atoms with van der Waals surface area (Å²) in [5.74, 6) is 0.965. The summed E-state index contributed by atoms with van der Waals surface area (Å²) in [4.78, 5) is 72.9. The molecule has 4 unspecified atom stereocenters. The number of aliphatic hydroxyl groups is 1. The molecule has 0 fully saturated rings. The Kier molecular flexibility index (Phi) is 68.7. The van der Waals surface area contributed by atoms with Gasteiger partial charge in [0.05, 0.1) is 26.4 Å². The summed E-state index contributed by atoms with van der Waals surface area (Å²) in [5, 5.41) is 10.6. The molecular weight excluding hydrogens is 1310 g/mol. The Morgan fingerprint density at radius 3 is 0.710 bits per heavy atom. The zero-order chi connectivity index (χ0) is 73.8. The summed E-state index contributed by atoms with van der Waals surface area (Å²) >= 11 is 0. The molecule has 0 aliphatic heterocycles. The van der Waals surface area contributed by atoms with Crippen LogP contribution in [0.4, 0.5) is 0 Å². The number of ether oxygens (including phenoxy) is 4. The van der Waals surface area contributed by atoms with Crippen LogP contribution in [0.2, 0.25) is 0 Å². The molecule has 0 aliphatic carbocycles. The van der Waals surface area contributed by atoms with Crippen molar-refractivity contribution in [3.05, 3.63) is 0 Å². The van der Waals surface area contributed by atoms with Crippen LogP contribution in [0.5, 0.6) is 0 Å². The predicted octanol–water partition coefficient (Wildman–Crippen LogP) is 24.0. The zero-order valence-corrected chi connectivity index (χ0v) is 67.6. The number of phosphoric acid groups is 2. The van der Waals surface area contributed by atoms with E-state index in [0.717, 1.165) is 120 Å². The molecule has 0 rings (SSSR count). The normalized spacial score (nSPS) is 14.6. The van der Waals surface area contributed by atoms with Crippen LogP contribution in [0.15, 0.2) is 0 Å². The van der Waals surface area contributed by atoms with Gasteiger partial charge >= 0.3 is 39.5 Å². The number of carbonyl (C=O) groups is 4. The second-order valence-electron chi connectivity index (χ2n) is 30.6. The molecule has 7 atom stereocenters. The van der Waals surface area contributed by atoms with E-state index in [2.05, 4.69) is 55.4 Å². The lowest BCUT2D eigenvalue weighted by atomic mass is 10.00. The third-order valence-corrected chi connectivity index (χ3v) is 21.4. The van der Waals surface area contributed by atoms with Crippen molar-refractivity contribution in [1.29, 1.82) is 0 Å². The Balaban J connectivity index is 5.20. The first kappa shape index (κ1) is 98.1. The second kappa shape index (κ2) is 70.1. The second-order valence-corrected chi connectivity index (χ2v) is 33.5. The summed E-state index contributed by atoms with van der Waals surface area (Å²) in [7, 11) is -9.92. The standard InChI is InChI=1S/C81H158O17P2/c1-9-73(7)59-51-43-37-39-46-54-62-79(84)92-68-77(98-81(86)64-56-48-40-38-44-52-60-74(8)10-2)70-96-100(89,90)94-66-75(82)65-93-99(87,88)95-69-76(67-91-78(83)61-53-45-35-31-27-23-19-16-15-18-22-26-30-34-42-50-58-72(5)6)97-80(85)63-55-47-36-32-28-24-20-14-12-11-13-17-21-25-29-33-41-49-57-71(3)4/h71-77,82H,9-70H2,1-8H3,(H,87,88)(H,89,90)/t73?,74?,75-,76-,77-/m1/s1. The number of unbranched alkanes of at least 4 members (excludes halogenated alkanes) is 42. The highest BCUT2D eigenvalue weighted by Crippen LogP contribution is 2.45. The number of hydrogen-bond donors (Lipinski definition) is 3. The average molecular weight is 1470 g/mol. The highest BCUT2D eigenvalue weighted by atomic mass is 31.2. The molecule has 0 bridgehead atoms. The van der Waals surface area contributed by atoms with Crippen LogP contribution in [0.25, 0.3) is 0 Å². The van der Waals surface area contributed by atoms with Crippen molar-refractivity contribution >= 4 is 39.5 Å². The van der Waals surface area contributed by atoms with E-state index >= 15 is 0 Å². The first-order valence-corrected chi connectivity index (χ1v) is 44.8. The van der Waals surface area contributed by atoms with Gasteiger partial charge in [-0.05, 0) is 49.4 Å². The molecule has 19 heteroatoms. The maximum absolute atomic E-state index is 13.1. The molecule has 0 saturated carbocycles. The van der Waals surface area contributed by atoms with Gasteiger partial charge in [0.25, 0.3) is 0 Å². The van der Waals surface area contributed by atoms with Crippen LogP contribution in [0, 0.1) is 23.7 Å². The molecule has 0 aromatic rings. The lowest BCUT2D eigenvalue weighted by Gasteiger charge is -2.21. The van der Waals surface area contributed by atoms with Gasteiger partial charge in [-0.2, -0.15) is 0 Å². The van der Waals surface area contributed by atoms with Gasteiger partial charge < -0.3 is 33.8 Å². The predicted molar refractivity (Wildman–Crippen MR) is 409 cm³/mol. The van der Waals surface area contributed by atoms with E-state index in [4.69, 9.17) is 37.0 Å². The van der Waals surface area contributed by atoms with Crippen molar-refractivity contribution in [2.45, 2.75) is 433 Å². The number of carbonyl (C=O) groups excluding carboxylic acids is 4. The highest BCUT2D eigenvalue weighted by molar-refractivity contribution is 7.47.